The summed E-state index contributed by atoms with van der Waals surface area (Å²) in [6.45, 7) is 0. The summed E-state index contributed by atoms with van der Waals surface area (Å²) in [5, 5.41) is 0. The predicted octanol–water partition coefficient (Wildman–Crippen LogP) is 0.364. The number of hydrogen-bond donors (Lipinski definition) is 0. The summed E-state index contributed by atoms with van der Waals surface area (Å²) < 4.78 is 0. The maximum absolute atomic E-state index is 5.22. The van der Waals surface area contributed by atoms with Crippen molar-refractivity contribution in [3.8, 4) is 37.0 Å². The van der Waals surface area contributed by atoms with Gasteiger partial charge in [-0.1, -0.05) is 0 Å². The van der Waals surface area contributed by atoms with Gasteiger partial charge in [0.2, 0.25) is 0 Å². The Labute approximate surface area is 72.5 Å². The van der Waals surface area contributed by atoms with Gasteiger partial charge in [-0.25, -0.2) is 0 Å². The third-order valence-corrected chi connectivity index (χ3v) is 1.39. The third-order valence-electron chi connectivity index (χ3n) is 1.39. The van der Waals surface area contributed by atoms with Crippen LogP contribution in [-0.2, 0) is 0 Å². The predicted molar refractivity (Wildman–Crippen MR) is 49.4 cm³/mol. The van der Waals surface area contributed by atoms with Gasteiger partial charge in [-0.05, 0) is 0 Å². The van der Waals surface area contributed by atoms with E-state index in [4.69, 9.17) is 19.3 Å². The van der Waals surface area contributed by atoms with Crippen LogP contribution in [0.15, 0.2) is 5.96 Å². The molecular formula is C10H4BN. The van der Waals surface area contributed by atoms with Crippen molar-refractivity contribution in [2.24, 2.45) is 0 Å². The van der Waals surface area contributed by atoms with Crippen molar-refractivity contribution in [3.05, 3.63) is 22.8 Å². The molecule has 1 heterocycles. The van der Waals surface area contributed by atoms with Gasteiger partial charge in [0.15, 0.2) is 0 Å². The molecule has 2 heteroatoms. The average Bonchev–Trinajstić information content (AvgIpc) is 2.16. The molecule has 0 bridgehead atoms. The van der Waals surface area contributed by atoms with Crippen molar-refractivity contribution < 1.29 is 0 Å². The molecule has 0 aliphatic rings. The number of hydrogen-bond acceptors (Lipinski definition) is 1. The first kappa shape index (κ1) is 8.12. The van der Waals surface area contributed by atoms with Crippen LogP contribution in [0.2, 0.25) is 0 Å². The summed E-state index contributed by atoms with van der Waals surface area (Å²) in [5.74, 6) is 8.90. The third kappa shape index (κ3) is 1.22. The first-order chi connectivity index (χ1) is 5.83. The molecule has 0 amide bonds. The quantitative estimate of drug-likeness (QED) is 0.485. The van der Waals surface area contributed by atoms with E-state index in [1.54, 1.807) is 13.0 Å². The van der Waals surface area contributed by atoms with E-state index in [1.165, 1.54) is 0 Å². The number of aromatic nitrogens is 1. The van der Waals surface area contributed by atoms with Crippen LogP contribution in [0.5, 0.6) is 0 Å². The molecule has 0 aliphatic heterocycles. The summed E-state index contributed by atoms with van der Waals surface area (Å²) in [6.07, 6.45) is 15.6. The monoisotopic (exact) mass is 149 g/mol. The summed E-state index contributed by atoms with van der Waals surface area (Å²) >= 11 is 0. The van der Waals surface area contributed by atoms with Crippen LogP contribution in [0, 0.1) is 37.0 Å². The molecule has 12 heavy (non-hydrogen) atoms. The molecule has 0 aromatic carbocycles. The molecule has 0 atom stereocenters. The van der Waals surface area contributed by atoms with Gasteiger partial charge in [-0.15, -0.1) is 0 Å². The minimum absolute atomic E-state index is 0.424. The van der Waals surface area contributed by atoms with E-state index in [-0.39, 0.29) is 0 Å². The zero-order valence-electron chi connectivity index (χ0n) is 6.33. The van der Waals surface area contributed by atoms with Crippen LogP contribution in [0.4, 0.5) is 0 Å². The van der Waals surface area contributed by atoms with Crippen LogP contribution in [0.25, 0.3) is 0 Å². The Bertz CT molecular complexity index is 394. The second-order valence-electron chi connectivity index (χ2n) is 2.02. The zero-order chi connectivity index (χ0) is 8.97. The fourth-order valence-electron chi connectivity index (χ4n) is 0.838. The molecule has 52 valence electrons. The number of rotatable bonds is 0. The molecule has 0 spiro atoms. The second kappa shape index (κ2) is 3.43. The number of nitrogens with zero attached hydrogens (tertiary/aromatic N) is 1. The van der Waals surface area contributed by atoms with Gasteiger partial charge in [-0.2, -0.15) is 0 Å². The van der Waals surface area contributed by atoms with Crippen LogP contribution >= 0.6 is 0 Å². The van der Waals surface area contributed by atoms with E-state index >= 15 is 0 Å². The zero-order valence-corrected chi connectivity index (χ0v) is 6.33. The van der Waals surface area contributed by atoms with Crippen molar-refractivity contribution >= 4 is 7.05 Å². The van der Waals surface area contributed by atoms with E-state index in [1.807, 2.05) is 0 Å². The van der Waals surface area contributed by atoms with Crippen molar-refractivity contribution in [2.75, 3.05) is 0 Å². The van der Waals surface area contributed by atoms with Gasteiger partial charge >= 0.3 is 71.8 Å². The Kier molecular flexibility index (Phi) is 2.32. The summed E-state index contributed by atoms with van der Waals surface area (Å²) in [4.78, 5) is 3.90. The first-order valence-corrected chi connectivity index (χ1v) is 3.22. The van der Waals surface area contributed by atoms with E-state index in [0.717, 1.165) is 0 Å². The SMILES string of the molecule is C#Cc1cbnc(C#C)c1C#C. The Hall–Kier alpha value is -1.98. The second-order valence-corrected chi connectivity index (χ2v) is 2.02. The summed E-state index contributed by atoms with van der Waals surface area (Å²) in [7, 11) is 1.55. The van der Waals surface area contributed by atoms with E-state index in [0.29, 0.717) is 16.8 Å². The topological polar surface area (TPSA) is 12.9 Å². The Morgan fingerprint density at radius 2 is 1.92 bits per heavy atom. The van der Waals surface area contributed by atoms with Crippen molar-refractivity contribution in [1.29, 1.82) is 0 Å². The molecule has 0 saturated carbocycles. The molecule has 0 fully saturated rings. The molecule has 1 aromatic heterocycles. The van der Waals surface area contributed by atoms with Gasteiger partial charge in [0.1, 0.15) is 0 Å². The van der Waals surface area contributed by atoms with Crippen LogP contribution in [-0.4, -0.2) is 11.9 Å². The Morgan fingerprint density at radius 1 is 1.17 bits per heavy atom. The average molecular weight is 149 g/mol. The van der Waals surface area contributed by atoms with E-state index < -0.39 is 0 Å². The Morgan fingerprint density at radius 3 is 2.42 bits per heavy atom. The standard InChI is InChI=1S/C10H4BN/c1-4-8-7-11-12-10(6-3)9(8)5-2/h1-3,7H. The van der Waals surface area contributed by atoms with Crippen molar-refractivity contribution in [2.45, 2.75) is 0 Å². The van der Waals surface area contributed by atoms with Gasteiger partial charge in [0, 0.05) is 0 Å². The van der Waals surface area contributed by atoms with Gasteiger partial charge in [0.25, 0.3) is 0 Å². The van der Waals surface area contributed by atoms with Gasteiger partial charge < -0.3 is 0 Å². The fraction of sp³-hybridized carbons (Fsp3) is 0. The van der Waals surface area contributed by atoms with Crippen molar-refractivity contribution in [3.63, 3.8) is 0 Å². The first-order valence-electron chi connectivity index (χ1n) is 3.22. The van der Waals surface area contributed by atoms with Crippen LogP contribution in [0.1, 0.15) is 16.8 Å². The van der Waals surface area contributed by atoms with Crippen LogP contribution < -0.4 is 0 Å². The normalized spacial score (nSPS) is 7.42. The molecule has 0 unspecified atom stereocenters. The molecule has 0 aliphatic carbocycles. The summed E-state index contributed by atoms with van der Waals surface area (Å²) in [5.41, 5.74) is 1.55. The molecule has 0 radical (unpaired) electrons. The maximum atomic E-state index is 5.22. The summed E-state index contributed by atoms with van der Waals surface area (Å²) in [6, 6.07) is 0. The minimum atomic E-state index is 0.424. The molecule has 1 rings (SSSR count). The van der Waals surface area contributed by atoms with Gasteiger partial charge in [-0.3, -0.25) is 0 Å². The molecule has 0 N–H and O–H groups in total. The molecule has 1 nitrogen and oxygen atoms in total. The van der Waals surface area contributed by atoms with Crippen molar-refractivity contribution in [1.82, 2.24) is 4.89 Å². The number of terminal acetylenes is 3. The molecule has 1 aromatic rings. The Balaban J connectivity index is 3.51. The van der Waals surface area contributed by atoms with E-state index in [2.05, 4.69) is 22.7 Å². The van der Waals surface area contributed by atoms with Crippen LogP contribution in [0.3, 0.4) is 0 Å². The molecular weight excluding hydrogens is 145 g/mol. The van der Waals surface area contributed by atoms with Gasteiger partial charge in [0.05, 0.1) is 0 Å². The molecule has 0 saturated heterocycles. The fourth-order valence-corrected chi connectivity index (χ4v) is 0.838. The van der Waals surface area contributed by atoms with E-state index in [9.17, 15) is 0 Å².